The topological polar surface area (TPSA) is 73.0 Å². The van der Waals surface area contributed by atoms with Gasteiger partial charge in [-0.05, 0) is 44.4 Å². The van der Waals surface area contributed by atoms with Crippen molar-refractivity contribution in [3.05, 3.63) is 0 Å². The summed E-state index contributed by atoms with van der Waals surface area (Å²) in [5.74, 6) is 0.963. The van der Waals surface area contributed by atoms with Crippen molar-refractivity contribution >= 4 is 17.8 Å². The van der Waals surface area contributed by atoms with E-state index in [2.05, 4.69) is 22.0 Å². The lowest BCUT2D eigenvalue weighted by atomic mass is 9.90. The first-order chi connectivity index (χ1) is 14.0. The van der Waals surface area contributed by atoms with Crippen molar-refractivity contribution < 1.29 is 14.4 Å². The molecular formula is C22H36N4O3. The largest absolute Gasteiger partial charge is 0.342 e. The van der Waals surface area contributed by atoms with Gasteiger partial charge < -0.3 is 10.2 Å². The van der Waals surface area contributed by atoms with Crippen LogP contribution in [0, 0.1) is 11.8 Å². The maximum absolute atomic E-state index is 13.1. The van der Waals surface area contributed by atoms with Gasteiger partial charge in [0.1, 0.15) is 5.54 Å². The van der Waals surface area contributed by atoms with Gasteiger partial charge in [-0.1, -0.05) is 32.6 Å². The second kappa shape index (κ2) is 8.62. The molecule has 4 rings (SSSR count). The molecule has 4 aliphatic rings. The Morgan fingerprint density at radius 1 is 1.00 bits per heavy atom. The molecule has 1 aliphatic carbocycles. The van der Waals surface area contributed by atoms with E-state index >= 15 is 0 Å². The number of carbonyl (C=O) groups is 3. The molecule has 1 N–H and O–H groups in total. The van der Waals surface area contributed by atoms with E-state index in [9.17, 15) is 14.4 Å². The number of hydrogen-bond donors (Lipinski definition) is 1. The first kappa shape index (κ1) is 20.6. The fourth-order valence-electron chi connectivity index (χ4n) is 5.64. The van der Waals surface area contributed by atoms with Crippen LogP contribution in [0.3, 0.4) is 0 Å². The first-order valence-corrected chi connectivity index (χ1v) is 11.6. The van der Waals surface area contributed by atoms with Crippen LogP contribution in [0.5, 0.6) is 0 Å². The molecule has 0 bridgehead atoms. The zero-order valence-electron chi connectivity index (χ0n) is 17.8. The number of nitrogens with zero attached hydrogens (tertiary/aromatic N) is 3. The van der Waals surface area contributed by atoms with E-state index in [-0.39, 0.29) is 17.9 Å². The Kier molecular flexibility index (Phi) is 6.13. The summed E-state index contributed by atoms with van der Waals surface area (Å²) in [5, 5.41) is 3.02. The molecule has 162 valence electrons. The van der Waals surface area contributed by atoms with E-state index in [4.69, 9.17) is 0 Å². The molecule has 1 spiro atoms. The summed E-state index contributed by atoms with van der Waals surface area (Å²) in [5.41, 5.74) is -0.660. The summed E-state index contributed by atoms with van der Waals surface area (Å²) in [6, 6.07) is -0.239. The molecule has 1 saturated carbocycles. The minimum absolute atomic E-state index is 0.0371. The third kappa shape index (κ3) is 4.30. The normalized spacial score (nSPS) is 29.2. The average Bonchev–Trinajstić information content (AvgIpc) is 2.88. The predicted octanol–water partition coefficient (Wildman–Crippen LogP) is 2.56. The number of piperidine rings is 2. The SMILES string of the molecule is CC1CCCN(C(=O)C2CCN(CN3C(=O)NC4(CCCCCC4)C3=O)CC2)C1. The highest BCUT2D eigenvalue weighted by Crippen LogP contribution is 2.33. The molecule has 4 fully saturated rings. The van der Waals surface area contributed by atoms with Crippen LogP contribution >= 0.6 is 0 Å². The van der Waals surface area contributed by atoms with Gasteiger partial charge in [-0.15, -0.1) is 0 Å². The summed E-state index contributed by atoms with van der Waals surface area (Å²) in [7, 11) is 0. The molecule has 3 heterocycles. The highest BCUT2D eigenvalue weighted by Gasteiger charge is 2.51. The van der Waals surface area contributed by atoms with Crippen LogP contribution in [0.4, 0.5) is 4.79 Å². The van der Waals surface area contributed by atoms with Crippen LogP contribution in [0.15, 0.2) is 0 Å². The van der Waals surface area contributed by atoms with Crippen LogP contribution in [-0.4, -0.2) is 70.9 Å². The fourth-order valence-corrected chi connectivity index (χ4v) is 5.64. The zero-order chi connectivity index (χ0) is 20.4. The molecule has 1 unspecified atom stereocenters. The predicted molar refractivity (Wildman–Crippen MR) is 110 cm³/mol. The lowest BCUT2D eigenvalue weighted by molar-refractivity contribution is -0.140. The van der Waals surface area contributed by atoms with Crippen molar-refractivity contribution in [2.24, 2.45) is 11.8 Å². The van der Waals surface area contributed by atoms with Crippen molar-refractivity contribution in [3.63, 3.8) is 0 Å². The van der Waals surface area contributed by atoms with Gasteiger partial charge in [-0.3, -0.25) is 14.5 Å². The Morgan fingerprint density at radius 2 is 1.69 bits per heavy atom. The van der Waals surface area contributed by atoms with Crippen LogP contribution in [0.25, 0.3) is 0 Å². The third-order valence-corrected chi connectivity index (χ3v) is 7.45. The third-order valence-electron chi connectivity index (χ3n) is 7.45. The number of likely N-dealkylation sites (tertiary alicyclic amines) is 2. The van der Waals surface area contributed by atoms with E-state index in [1.165, 1.54) is 11.3 Å². The molecule has 0 radical (unpaired) electrons. The van der Waals surface area contributed by atoms with Crippen LogP contribution in [0.2, 0.25) is 0 Å². The van der Waals surface area contributed by atoms with Gasteiger partial charge in [0.15, 0.2) is 0 Å². The van der Waals surface area contributed by atoms with Gasteiger partial charge in [0.25, 0.3) is 5.91 Å². The summed E-state index contributed by atoms with van der Waals surface area (Å²) in [6.45, 7) is 5.90. The van der Waals surface area contributed by atoms with Gasteiger partial charge >= 0.3 is 6.03 Å². The minimum atomic E-state index is -0.660. The number of nitrogens with one attached hydrogen (secondary N) is 1. The number of carbonyl (C=O) groups excluding carboxylic acids is 3. The molecule has 29 heavy (non-hydrogen) atoms. The molecule has 1 atom stereocenters. The van der Waals surface area contributed by atoms with Crippen molar-refractivity contribution in [2.75, 3.05) is 32.8 Å². The number of imide groups is 1. The second-order valence-corrected chi connectivity index (χ2v) is 9.73. The molecule has 3 aliphatic heterocycles. The smallest absolute Gasteiger partial charge is 0.326 e. The summed E-state index contributed by atoms with van der Waals surface area (Å²) in [4.78, 5) is 44.1. The summed E-state index contributed by atoms with van der Waals surface area (Å²) >= 11 is 0. The molecule has 0 aromatic rings. The Balaban J connectivity index is 1.30. The van der Waals surface area contributed by atoms with Gasteiger partial charge in [0, 0.05) is 32.1 Å². The quantitative estimate of drug-likeness (QED) is 0.734. The van der Waals surface area contributed by atoms with E-state index < -0.39 is 5.54 Å². The Hall–Kier alpha value is -1.63. The highest BCUT2D eigenvalue weighted by molar-refractivity contribution is 6.07. The summed E-state index contributed by atoms with van der Waals surface area (Å²) in [6.07, 6.45) is 9.78. The monoisotopic (exact) mass is 404 g/mol. The Morgan fingerprint density at radius 3 is 2.34 bits per heavy atom. The van der Waals surface area contributed by atoms with Crippen molar-refractivity contribution in [1.29, 1.82) is 0 Å². The van der Waals surface area contributed by atoms with Gasteiger partial charge in [0.2, 0.25) is 5.91 Å². The van der Waals surface area contributed by atoms with Gasteiger partial charge in [0.05, 0.1) is 6.67 Å². The Labute approximate surface area is 174 Å². The molecule has 0 aromatic heterocycles. The van der Waals surface area contributed by atoms with Gasteiger partial charge in [-0.25, -0.2) is 9.69 Å². The first-order valence-electron chi connectivity index (χ1n) is 11.6. The lowest BCUT2D eigenvalue weighted by Crippen LogP contribution is -2.50. The van der Waals surface area contributed by atoms with Crippen LogP contribution < -0.4 is 5.32 Å². The molecular weight excluding hydrogens is 368 g/mol. The second-order valence-electron chi connectivity index (χ2n) is 9.73. The minimum Gasteiger partial charge on any atom is -0.342 e. The van der Waals surface area contributed by atoms with Gasteiger partial charge in [-0.2, -0.15) is 0 Å². The van der Waals surface area contributed by atoms with E-state index in [0.29, 0.717) is 18.5 Å². The fraction of sp³-hybridized carbons (Fsp3) is 0.864. The maximum Gasteiger partial charge on any atom is 0.326 e. The number of urea groups is 1. The number of hydrogen-bond acceptors (Lipinski definition) is 4. The standard InChI is InChI=1S/C22H36N4O3/c1-17-7-6-12-25(15-17)19(27)18-8-13-24(14-9-18)16-26-20(28)22(23-21(26)29)10-4-2-3-5-11-22/h17-18H,2-16H2,1H3,(H,23,29). The molecule has 0 aromatic carbocycles. The average molecular weight is 405 g/mol. The Bertz CT molecular complexity index is 636. The van der Waals surface area contributed by atoms with Crippen molar-refractivity contribution in [2.45, 2.75) is 76.7 Å². The zero-order valence-corrected chi connectivity index (χ0v) is 17.8. The maximum atomic E-state index is 13.1. The van der Waals surface area contributed by atoms with Crippen LogP contribution in [0.1, 0.15) is 71.1 Å². The number of rotatable bonds is 3. The van der Waals surface area contributed by atoms with E-state index in [1.54, 1.807) is 0 Å². The molecule has 7 nitrogen and oxygen atoms in total. The summed E-state index contributed by atoms with van der Waals surface area (Å²) < 4.78 is 0. The highest BCUT2D eigenvalue weighted by atomic mass is 16.2. The van der Waals surface area contributed by atoms with E-state index in [0.717, 1.165) is 84.0 Å². The molecule has 3 saturated heterocycles. The van der Waals surface area contributed by atoms with Crippen molar-refractivity contribution in [1.82, 2.24) is 20.0 Å². The van der Waals surface area contributed by atoms with Crippen LogP contribution in [-0.2, 0) is 9.59 Å². The lowest BCUT2D eigenvalue weighted by Gasteiger charge is -2.37. The van der Waals surface area contributed by atoms with Crippen molar-refractivity contribution in [3.8, 4) is 0 Å². The van der Waals surface area contributed by atoms with E-state index in [1.807, 2.05) is 0 Å². The molecule has 4 amide bonds. The number of amides is 4. The molecule has 7 heteroatoms.